The van der Waals surface area contributed by atoms with Crippen LogP contribution in [0.25, 0.3) is 11.3 Å². The van der Waals surface area contributed by atoms with E-state index in [0.29, 0.717) is 17.5 Å². The van der Waals surface area contributed by atoms with E-state index in [0.717, 1.165) is 11.6 Å². The number of aliphatic hydroxyl groups is 2. The third kappa shape index (κ3) is 10.3. The molecule has 4 aromatic rings. The van der Waals surface area contributed by atoms with E-state index in [4.69, 9.17) is 9.15 Å². The highest BCUT2D eigenvalue weighted by Gasteiger charge is 2.43. The normalized spacial score (nSPS) is 20.4. The molecule has 0 unspecified atom stereocenters. The summed E-state index contributed by atoms with van der Waals surface area (Å²) >= 11 is 0. The Hall–Kier alpha value is -5.04. The lowest BCUT2D eigenvalue weighted by Crippen LogP contribution is -2.63. The number of carbonyl (C=O) groups is 2. The third-order valence-electron chi connectivity index (χ3n) is 10.5. The highest BCUT2D eigenvalue weighted by molar-refractivity contribution is 5.82. The number of pyridine rings is 1. The highest BCUT2D eigenvalue weighted by atomic mass is 19.4. The molecule has 4 N–H and O–H groups in total. The first kappa shape index (κ1) is 42.6. The monoisotopic (exact) mass is 818 g/mol. The highest BCUT2D eigenvalue weighted by Crippen LogP contribution is 2.36. The number of hydrogen-bond donors (Lipinski definition) is 4. The molecule has 2 aromatic heterocycles. The van der Waals surface area contributed by atoms with Crippen molar-refractivity contribution in [3.63, 3.8) is 0 Å². The molecule has 0 saturated carbocycles. The number of aliphatic hydroxyl groups excluding tert-OH is 2. The lowest BCUT2D eigenvalue weighted by Gasteiger charge is -2.46. The van der Waals surface area contributed by atoms with Crippen molar-refractivity contribution >= 4 is 11.8 Å². The lowest BCUT2D eigenvalue weighted by atomic mass is 9.90. The molecule has 1 saturated heterocycles. The van der Waals surface area contributed by atoms with Gasteiger partial charge in [-0.15, -0.1) is 0 Å². The van der Waals surface area contributed by atoms with Gasteiger partial charge in [0.1, 0.15) is 31.0 Å². The molecule has 2 aliphatic rings. The average molecular weight is 819 g/mol. The third-order valence-corrected chi connectivity index (χ3v) is 10.5. The number of halogens is 6. The maximum Gasteiger partial charge on any atom is 0.417 e. The van der Waals surface area contributed by atoms with Crippen LogP contribution in [0.2, 0.25) is 0 Å². The van der Waals surface area contributed by atoms with Gasteiger partial charge in [-0.3, -0.25) is 24.4 Å². The van der Waals surface area contributed by atoms with Crippen molar-refractivity contribution in [3.8, 4) is 17.1 Å². The SMILES string of the molecule is CC(C)(c1ncc(-c2cncc(C(F)(F)F)c2)o1)N1CCN(C[C@@H](O)C[C@@H](Cc2ccccc2)C(=O)N[C@H]2c3ccccc3OC[C@H]2O)[C@H](C(=O)NCC(F)(F)F)C1. The van der Waals surface area contributed by atoms with Gasteiger partial charge in [0.15, 0.2) is 5.76 Å². The van der Waals surface area contributed by atoms with Crippen LogP contribution < -0.4 is 15.4 Å². The zero-order chi connectivity index (χ0) is 41.8. The molecular weight excluding hydrogens is 774 g/mol. The summed E-state index contributed by atoms with van der Waals surface area (Å²) in [6.45, 7) is 1.77. The number of para-hydroxylation sites is 1. The number of piperazine rings is 1. The van der Waals surface area contributed by atoms with Crippen molar-refractivity contribution in [3.05, 3.63) is 102 Å². The number of nitrogens with zero attached hydrogens (tertiary/aromatic N) is 4. The van der Waals surface area contributed by atoms with Crippen molar-refractivity contribution in [1.29, 1.82) is 0 Å². The molecule has 0 radical (unpaired) electrons. The first-order valence-corrected chi connectivity index (χ1v) is 18.6. The number of hydrogen-bond acceptors (Lipinski definition) is 10. The number of nitrogens with one attached hydrogen (secondary N) is 2. The van der Waals surface area contributed by atoms with Crippen LogP contribution in [0.4, 0.5) is 26.3 Å². The van der Waals surface area contributed by atoms with Crippen molar-refractivity contribution in [2.45, 2.75) is 68.9 Å². The summed E-state index contributed by atoms with van der Waals surface area (Å²) < 4.78 is 91.3. The van der Waals surface area contributed by atoms with Gasteiger partial charge in [0.05, 0.1) is 29.4 Å². The average Bonchev–Trinajstić information content (AvgIpc) is 3.69. The Morgan fingerprint density at radius 1 is 0.983 bits per heavy atom. The van der Waals surface area contributed by atoms with Crippen LogP contribution in [0.15, 0.2) is 83.7 Å². The van der Waals surface area contributed by atoms with E-state index in [1.165, 1.54) is 12.4 Å². The molecule has 6 rings (SSSR count). The van der Waals surface area contributed by atoms with Gasteiger partial charge in [0, 0.05) is 55.6 Å². The fourth-order valence-electron chi connectivity index (χ4n) is 7.30. The molecule has 0 bridgehead atoms. The van der Waals surface area contributed by atoms with E-state index >= 15 is 0 Å². The number of alkyl halides is 6. The van der Waals surface area contributed by atoms with Crippen LogP contribution in [0, 0.1) is 5.92 Å². The van der Waals surface area contributed by atoms with Crippen molar-refractivity contribution < 1.29 is 55.3 Å². The lowest BCUT2D eigenvalue weighted by molar-refractivity contribution is -0.145. The minimum Gasteiger partial charge on any atom is -0.490 e. The smallest absolute Gasteiger partial charge is 0.417 e. The summed E-state index contributed by atoms with van der Waals surface area (Å²) in [4.78, 5) is 38.7. The number of carbonyl (C=O) groups excluding carboxylic acids is 2. The molecular formula is C40H44F6N6O6. The summed E-state index contributed by atoms with van der Waals surface area (Å²) in [6, 6.07) is 15.0. The topological polar surface area (TPSA) is 153 Å². The second-order valence-corrected chi connectivity index (χ2v) is 15.0. The number of rotatable bonds is 13. The molecule has 18 heteroatoms. The molecule has 0 spiro atoms. The number of oxazole rings is 1. The van der Waals surface area contributed by atoms with E-state index < -0.39 is 72.0 Å². The minimum absolute atomic E-state index is 0.00698. The first-order valence-electron chi connectivity index (χ1n) is 18.6. The van der Waals surface area contributed by atoms with Gasteiger partial charge >= 0.3 is 12.4 Å². The number of ether oxygens (including phenoxy) is 1. The van der Waals surface area contributed by atoms with Crippen LogP contribution >= 0.6 is 0 Å². The maximum atomic E-state index is 14.0. The fourth-order valence-corrected chi connectivity index (χ4v) is 7.30. The molecule has 4 heterocycles. The fraction of sp³-hybridized carbons (Fsp3) is 0.450. The van der Waals surface area contributed by atoms with Gasteiger partial charge in [0.2, 0.25) is 17.7 Å². The number of fused-ring (bicyclic) bond motifs is 1. The van der Waals surface area contributed by atoms with E-state index in [1.54, 1.807) is 47.9 Å². The maximum absolute atomic E-state index is 14.0. The second kappa shape index (κ2) is 17.4. The van der Waals surface area contributed by atoms with E-state index in [9.17, 15) is 46.1 Å². The van der Waals surface area contributed by atoms with Crippen LogP contribution in [0.5, 0.6) is 5.75 Å². The number of β-amino-alcohol motifs (C(OH)–C–C–N with tert-alkyl or cyclic N) is 1. The molecule has 12 nitrogen and oxygen atoms in total. The number of benzene rings is 2. The first-order chi connectivity index (χ1) is 27.4. The summed E-state index contributed by atoms with van der Waals surface area (Å²) in [5, 5.41) is 27.2. The standard InChI is InChI=1S/C40H44F6N6O6/c1-38(2,37-48-19-33(58-37)26-15-27(18-47-17-26)40(44,45)46)52-13-12-51(30(21-52)36(56)49-23-39(41,42)43)20-28(53)16-25(14-24-8-4-3-5-9-24)35(55)50-34-29-10-6-7-11-32(29)57-22-31(34)54/h3-11,15,17-19,25,28,30-31,34,53-54H,12-14,16,20-23H2,1-2H3,(H,49,56)(H,50,55)/t25-,28+,30+,31-,34+/m1/s1. The minimum atomic E-state index is -4.70. The van der Waals surface area contributed by atoms with Crippen molar-refractivity contribution in [2.75, 3.05) is 39.3 Å². The Kier molecular flexibility index (Phi) is 12.8. The van der Waals surface area contributed by atoms with Crippen LogP contribution in [-0.2, 0) is 27.7 Å². The molecule has 58 heavy (non-hydrogen) atoms. The summed E-state index contributed by atoms with van der Waals surface area (Å²) in [6.07, 6.45) is -8.35. The van der Waals surface area contributed by atoms with Gasteiger partial charge in [-0.25, -0.2) is 4.98 Å². The Bertz CT molecular complexity index is 2030. The molecule has 312 valence electrons. The molecule has 2 amide bonds. The molecule has 5 atom stereocenters. The summed E-state index contributed by atoms with van der Waals surface area (Å²) in [7, 11) is 0. The van der Waals surface area contributed by atoms with E-state index in [2.05, 4.69) is 15.3 Å². The summed E-state index contributed by atoms with van der Waals surface area (Å²) in [5.41, 5.74) is -0.658. The van der Waals surface area contributed by atoms with E-state index in [-0.39, 0.29) is 62.8 Å². The van der Waals surface area contributed by atoms with Crippen LogP contribution in [-0.4, -0.2) is 106 Å². The Labute approximate surface area is 330 Å². The largest absolute Gasteiger partial charge is 0.490 e. The Morgan fingerprint density at radius 3 is 2.43 bits per heavy atom. The zero-order valence-electron chi connectivity index (χ0n) is 31.6. The van der Waals surface area contributed by atoms with Crippen molar-refractivity contribution in [2.24, 2.45) is 5.92 Å². The predicted molar refractivity (Wildman–Crippen MR) is 197 cm³/mol. The van der Waals surface area contributed by atoms with E-state index in [1.807, 2.05) is 35.6 Å². The zero-order valence-corrected chi connectivity index (χ0v) is 31.6. The molecule has 2 aliphatic heterocycles. The quantitative estimate of drug-likeness (QED) is 0.138. The molecule has 0 aliphatic carbocycles. The predicted octanol–water partition coefficient (Wildman–Crippen LogP) is 4.88. The number of amides is 2. The van der Waals surface area contributed by atoms with Gasteiger partial charge in [0.25, 0.3) is 0 Å². The Morgan fingerprint density at radius 2 is 1.71 bits per heavy atom. The van der Waals surface area contributed by atoms with Crippen molar-refractivity contribution in [1.82, 2.24) is 30.4 Å². The molecule has 2 aromatic carbocycles. The van der Waals surface area contributed by atoms with Gasteiger partial charge < -0.3 is 30.0 Å². The number of aromatic nitrogens is 2. The van der Waals surface area contributed by atoms with Crippen LogP contribution in [0.1, 0.15) is 48.9 Å². The van der Waals surface area contributed by atoms with Gasteiger partial charge in [-0.1, -0.05) is 48.5 Å². The molecule has 1 fully saturated rings. The van der Waals surface area contributed by atoms with Gasteiger partial charge in [-0.05, 0) is 44.4 Å². The summed E-state index contributed by atoms with van der Waals surface area (Å²) in [5.74, 6) is -1.60. The Balaban J connectivity index is 1.19. The van der Waals surface area contributed by atoms with Gasteiger partial charge in [-0.2, -0.15) is 26.3 Å². The second-order valence-electron chi connectivity index (χ2n) is 15.0. The van der Waals surface area contributed by atoms with Crippen LogP contribution in [0.3, 0.4) is 0 Å².